The first-order chi connectivity index (χ1) is 23.8. The van der Waals surface area contributed by atoms with Gasteiger partial charge in [-0.15, -0.1) is 0 Å². The van der Waals surface area contributed by atoms with Crippen molar-refractivity contribution in [3.05, 3.63) is 114 Å². The number of benzene rings is 4. The van der Waals surface area contributed by atoms with Gasteiger partial charge in [-0.3, -0.25) is 4.79 Å². The van der Waals surface area contributed by atoms with Crippen molar-refractivity contribution in [3.63, 3.8) is 0 Å². The lowest BCUT2D eigenvalue weighted by atomic mass is 9.95. The lowest BCUT2D eigenvalue weighted by molar-refractivity contribution is -0.213. The van der Waals surface area contributed by atoms with Gasteiger partial charge in [-0.2, -0.15) is 13.2 Å². The molecular formula is C38H37F3N4O5. The fourth-order valence-electron chi connectivity index (χ4n) is 5.53. The number of anilines is 2. The summed E-state index contributed by atoms with van der Waals surface area (Å²) in [7, 11) is 0. The number of nitrogens with one attached hydrogen (secondary N) is 2. The Morgan fingerprint density at radius 1 is 0.900 bits per heavy atom. The Bertz CT molecular complexity index is 2020. The quantitative estimate of drug-likeness (QED) is 0.0903. The van der Waals surface area contributed by atoms with E-state index in [1.54, 1.807) is 51.1 Å². The summed E-state index contributed by atoms with van der Waals surface area (Å²) in [6.07, 6.45) is -4.25. The number of amides is 1. The fourth-order valence-corrected chi connectivity index (χ4v) is 5.53. The number of aromatic nitrogens is 1. The molecule has 1 atom stereocenters. The van der Waals surface area contributed by atoms with Gasteiger partial charge in [0.1, 0.15) is 5.82 Å². The van der Waals surface area contributed by atoms with E-state index in [0.29, 0.717) is 16.3 Å². The molecule has 5 aromatic rings. The molecule has 1 aromatic heterocycles. The average molecular weight is 687 g/mol. The third-order valence-corrected chi connectivity index (χ3v) is 7.82. The highest BCUT2D eigenvalue weighted by Crippen LogP contribution is 2.39. The Morgan fingerprint density at radius 2 is 1.62 bits per heavy atom. The van der Waals surface area contributed by atoms with E-state index in [4.69, 9.17) is 19.9 Å². The molecule has 9 nitrogen and oxygen atoms in total. The molecule has 4 N–H and O–H groups in total. The Balaban J connectivity index is 1.66. The van der Waals surface area contributed by atoms with Crippen molar-refractivity contribution in [2.75, 3.05) is 17.7 Å². The van der Waals surface area contributed by atoms with Crippen molar-refractivity contribution >= 4 is 34.2 Å². The molecule has 0 saturated carbocycles. The smallest absolute Gasteiger partial charge is 0.490 e. The van der Waals surface area contributed by atoms with Gasteiger partial charge in [0.2, 0.25) is 0 Å². The standard InChI is InChI=1S/C38H37F3N4O5/c1-5-48-33-21-27(14-17-32(33)49-23(2)3)37(50-36(47)38(39,40)41,45-28-15-16-31-25(20-28)18-19-43-34(31)42)35(46)44-22-26-11-7-9-13-30(26)29-12-8-6-10-24(29)4/h6-21,23,45H,5,22H2,1-4H3,(H2,42,43)(H,44,46). The van der Waals surface area contributed by atoms with E-state index < -0.39 is 23.8 Å². The summed E-state index contributed by atoms with van der Waals surface area (Å²) in [6.45, 7) is 7.31. The molecule has 0 saturated heterocycles. The Labute approximate surface area is 287 Å². The second kappa shape index (κ2) is 14.8. The van der Waals surface area contributed by atoms with Gasteiger partial charge >= 0.3 is 12.1 Å². The predicted octanol–water partition coefficient (Wildman–Crippen LogP) is 7.67. The van der Waals surface area contributed by atoms with Gasteiger partial charge in [0.05, 0.1) is 12.7 Å². The first kappa shape index (κ1) is 35.5. The first-order valence-corrected chi connectivity index (χ1v) is 15.9. The normalized spacial score (nSPS) is 12.6. The van der Waals surface area contributed by atoms with E-state index in [-0.39, 0.29) is 47.8 Å². The molecule has 5 rings (SSSR count). The molecule has 4 aromatic carbocycles. The van der Waals surface area contributed by atoms with Crippen molar-refractivity contribution < 1.29 is 37.0 Å². The summed E-state index contributed by atoms with van der Waals surface area (Å²) in [5.41, 5.74) is 6.63. The lowest BCUT2D eigenvalue weighted by Gasteiger charge is -2.35. The van der Waals surface area contributed by atoms with Crippen LogP contribution in [-0.4, -0.2) is 35.7 Å². The van der Waals surface area contributed by atoms with Gasteiger partial charge in [-0.25, -0.2) is 9.78 Å². The summed E-state index contributed by atoms with van der Waals surface area (Å²) >= 11 is 0. The predicted molar refractivity (Wildman–Crippen MR) is 185 cm³/mol. The Kier molecular flexibility index (Phi) is 10.5. The van der Waals surface area contributed by atoms with Crippen molar-refractivity contribution in [3.8, 4) is 22.6 Å². The number of ether oxygens (including phenoxy) is 3. The van der Waals surface area contributed by atoms with Crippen LogP contribution in [0.3, 0.4) is 0 Å². The number of nitrogen functional groups attached to an aromatic ring is 1. The third kappa shape index (κ3) is 7.75. The van der Waals surface area contributed by atoms with Gasteiger partial charge in [0.15, 0.2) is 11.5 Å². The van der Waals surface area contributed by atoms with Gasteiger partial charge in [0.25, 0.3) is 11.6 Å². The summed E-state index contributed by atoms with van der Waals surface area (Å²) in [4.78, 5) is 31.4. The van der Waals surface area contributed by atoms with Crippen LogP contribution in [-0.2, 0) is 26.6 Å². The number of esters is 1. The molecule has 50 heavy (non-hydrogen) atoms. The number of alkyl halides is 3. The maximum Gasteiger partial charge on any atom is 0.491 e. The summed E-state index contributed by atoms with van der Waals surface area (Å²) in [5.74, 6) is -3.03. The van der Waals surface area contributed by atoms with E-state index in [9.17, 15) is 22.8 Å². The number of hydrogen-bond acceptors (Lipinski definition) is 8. The molecule has 12 heteroatoms. The minimum atomic E-state index is -5.45. The molecule has 1 unspecified atom stereocenters. The van der Waals surface area contributed by atoms with E-state index >= 15 is 0 Å². The molecule has 0 aliphatic rings. The molecule has 0 radical (unpaired) electrons. The number of nitrogens with two attached hydrogens (primary N) is 1. The zero-order chi connectivity index (χ0) is 36.1. The Morgan fingerprint density at radius 3 is 2.32 bits per heavy atom. The molecule has 1 amide bonds. The van der Waals surface area contributed by atoms with Gasteiger partial charge < -0.3 is 30.6 Å². The highest BCUT2D eigenvalue weighted by molar-refractivity contribution is 5.96. The second-order valence-electron chi connectivity index (χ2n) is 11.7. The van der Waals surface area contributed by atoms with Crippen molar-refractivity contribution in [2.24, 2.45) is 0 Å². The molecule has 0 bridgehead atoms. The van der Waals surface area contributed by atoms with Crippen LogP contribution in [0.4, 0.5) is 24.7 Å². The van der Waals surface area contributed by atoms with E-state index in [1.165, 1.54) is 30.5 Å². The molecule has 1 heterocycles. The number of carbonyl (C=O) groups is 2. The maximum atomic E-state index is 14.5. The molecular weight excluding hydrogens is 649 g/mol. The van der Waals surface area contributed by atoms with Crippen LogP contribution in [0.1, 0.15) is 37.5 Å². The van der Waals surface area contributed by atoms with Crippen molar-refractivity contribution in [2.45, 2.75) is 52.2 Å². The third-order valence-electron chi connectivity index (χ3n) is 7.82. The van der Waals surface area contributed by atoms with Crippen LogP contribution >= 0.6 is 0 Å². The number of halogens is 3. The van der Waals surface area contributed by atoms with Gasteiger partial charge in [0, 0.05) is 29.4 Å². The molecule has 0 spiro atoms. The fraction of sp³-hybridized carbons (Fsp3) is 0.237. The van der Waals surface area contributed by atoms with E-state index in [2.05, 4.69) is 15.6 Å². The molecule has 0 aliphatic heterocycles. The summed E-state index contributed by atoms with van der Waals surface area (Å²) in [5, 5.41) is 6.72. The van der Waals surface area contributed by atoms with E-state index in [0.717, 1.165) is 16.7 Å². The van der Waals surface area contributed by atoms with Crippen LogP contribution in [0, 0.1) is 6.92 Å². The largest absolute Gasteiger partial charge is 0.491 e. The SMILES string of the molecule is CCOc1cc(C(Nc2ccc3c(N)nccc3c2)(OC(=O)C(F)(F)F)C(=O)NCc2ccccc2-c2ccccc2C)ccc1OC(C)C. The molecule has 0 fully saturated rings. The zero-order valence-corrected chi connectivity index (χ0v) is 27.9. The maximum absolute atomic E-state index is 14.5. The van der Waals surface area contributed by atoms with Gasteiger partial charge in [-0.1, -0.05) is 48.5 Å². The van der Waals surface area contributed by atoms with Crippen molar-refractivity contribution in [1.29, 1.82) is 0 Å². The number of pyridine rings is 1. The van der Waals surface area contributed by atoms with Crippen LogP contribution in [0.2, 0.25) is 0 Å². The van der Waals surface area contributed by atoms with Gasteiger partial charge in [-0.05, 0) is 97.8 Å². The van der Waals surface area contributed by atoms with E-state index in [1.807, 2.05) is 43.3 Å². The highest BCUT2D eigenvalue weighted by Gasteiger charge is 2.52. The lowest BCUT2D eigenvalue weighted by Crippen LogP contribution is -2.54. The number of fused-ring (bicyclic) bond motifs is 1. The zero-order valence-electron chi connectivity index (χ0n) is 27.9. The number of carbonyl (C=O) groups excluding carboxylic acids is 2. The van der Waals surface area contributed by atoms with Crippen LogP contribution in [0.15, 0.2) is 97.2 Å². The van der Waals surface area contributed by atoms with Crippen LogP contribution < -0.4 is 25.8 Å². The minimum absolute atomic E-state index is 0.122. The number of hydrogen-bond donors (Lipinski definition) is 3. The molecule has 0 aliphatic carbocycles. The highest BCUT2D eigenvalue weighted by atomic mass is 19.4. The number of aryl methyl sites for hydroxylation is 1. The average Bonchev–Trinajstić information content (AvgIpc) is 3.07. The minimum Gasteiger partial charge on any atom is -0.490 e. The number of nitrogens with zero attached hydrogens (tertiary/aromatic N) is 1. The second-order valence-corrected chi connectivity index (χ2v) is 11.7. The first-order valence-electron chi connectivity index (χ1n) is 15.9. The monoisotopic (exact) mass is 686 g/mol. The Hall–Kier alpha value is -5.78. The summed E-state index contributed by atoms with van der Waals surface area (Å²) < 4.78 is 58.9. The van der Waals surface area contributed by atoms with Crippen LogP contribution in [0.25, 0.3) is 21.9 Å². The van der Waals surface area contributed by atoms with Crippen molar-refractivity contribution in [1.82, 2.24) is 10.3 Å². The topological polar surface area (TPSA) is 125 Å². The molecule has 260 valence electrons. The summed E-state index contributed by atoms with van der Waals surface area (Å²) in [6, 6.07) is 25.4. The van der Waals surface area contributed by atoms with Crippen LogP contribution in [0.5, 0.6) is 11.5 Å². The number of rotatable bonds is 12.